The van der Waals surface area contributed by atoms with Gasteiger partial charge in [0.15, 0.2) is 11.6 Å². The number of carbonyl (C=O) groups is 2. The lowest BCUT2D eigenvalue weighted by molar-refractivity contribution is -0.139. The van der Waals surface area contributed by atoms with Crippen molar-refractivity contribution in [1.82, 2.24) is 9.80 Å². The van der Waals surface area contributed by atoms with E-state index in [0.717, 1.165) is 43.9 Å². The molecule has 1 unspecified atom stereocenters. The summed E-state index contributed by atoms with van der Waals surface area (Å²) in [6.07, 6.45) is 4.89. The minimum atomic E-state index is -0.824. The van der Waals surface area contributed by atoms with Crippen LogP contribution in [-0.4, -0.2) is 47.8 Å². The number of hydrogen-bond donors (Lipinski definition) is 0. The van der Waals surface area contributed by atoms with Gasteiger partial charge in [0.25, 0.3) is 0 Å². The molecule has 0 saturated carbocycles. The van der Waals surface area contributed by atoms with Crippen molar-refractivity contribution in [2.45, 2.75) is 38.5 Å². The lowest BCUT2D eigenvalue weighted by atomic mass is 9.91. The van der Waals surface area contributed by atoms with Crippen LogP contribution in [0, 0.1) is 17.6 Å². The Morgan fingerprint density at radius 3 is 2.72 bits per heavy atom. The number of hydrogen-bond acceptors (Lipinski definition) is 2. The number of halogens is 2. The summed E-state index contributed by atoms with van der Waals surface area (Å²) in [5, 5.41) is 0. The van der Waals surface area contributed by atoms with Gasteiger partial charge >= 0.3 is 0 Å². The maximum absolute atomic E-state index is 13.3. The van der Waals surface area contributed by atoms with Crippen LogP contribution in [0.1, 0.15) is 37.7 Å². The Labute approximate surface area is 146 Å². The molecule has 1 aromatic rings. The Morgan fingerprint density at radius 1 is 1.16 bits per heavy atom. The molecule has 25 heavy (non-hydrogen) atoms. The third kappa shape index (κ3) is 4.55. The Hall–Kier alpha value is -1.98. The van der Waals surface area contributed by atoms with Crippen molar-refractivity contribution >= 4 is 11.8 Å². The normalized spacial score (nSPS) is 21.0. The highest BCUT2D eigenvalue weighted by atomic mass is 19.2. The van der Waals surface area contributed by atoms with Crippen LogP contribution in [-0.2, 0) is 16.0 Å². The molecule has 0 aromatic heterocycles. The van der Waals surface area contributed by atoms with Gasteiger partial charge in [-0.2, -0.15) is 0 Å². The largest absolute Gasteiger partial charge is 0.341 e. The van der Waals surface area contributed by atoms with E-state index in [1.807, 2.05) is 4.90 Å². The van der Waals surface area contributed by atoms with Gasteiger partial charge in [0, 0.05) is 26.1 Å². The molecule has 2 fully saturated rings. The maximum Gasteiger partial charge on any atom is 0.242 e. The minimum absolute atomic E-state index is 0.0211. The average Bonchev–Trinajstić information content (AvgIpc) is 3.01. The highest BCUT2D eigenvalue weighted by Crippen LogP contribution is 2.23. The van der Waals surface area contributed by atoms with E-state index in [1.54, 1.807) is 11.0 Å². The van der Waals surface area contributed by atoms with Gasteiger partial charge in [-0.05, 0) is 55.7 Å². The molecule has 2 saturated heterocycles. The fraction of sp³-hybridized carbons (Fsp3) is 0.579. The zero-order chi connectivity index (χ0) is 17.8. The maximum atomic E-state index is 13.3. The zero-order valence-corrected chi connectivity index (χ0v) is 14.3. The number of piperidine rings is 1. The van der Waals surface area contributed by atoms with Crippen molar-refractivity contribution in [3.05, 3.63) is 35.4 Å². The highest BCUT2D eigenvalue weighted by Gasteiger charge is 2.28. The molecule has 0 aliphatic carbocycles. The van der Waals surface area contributed by atoms with Gasteiger partial charge in [0.05, 0.1) is 6.54 Å². The molecule has 1 atom stereocenters. The van der Waals surface area contributed by atoms with Crippen molar-refractivity contribution in [3.63, 3.8) is 0 Å². The van der Waals surface area contributed by atoms with Crippen LogP contribution >= 0.6 is 0 Å². The lowest BCUT2D eigenvalue weighted by Crippen LogP contribution is -2.45. The smallest absolute Gasteiger partial charge is 0.242 e. The van der Waals surface area contributed by atoms with Gasteiger partial charge in [-0.15, -0.1) is 0 Å². The summed E-state index contributed by atoms with van der Waals surface area (Å²) < 4.78 is 26.3. The molecular formula is C19H24F2N2O2. The molecule has 6 heteroatoms. The number of benzene rings is 1. The fourth-order valence-corrected chi connectivity index (χ4v) is 3.73. The van der Waals surface area contributed by atoms with Crippen LogP contribution in [0.25, 0.3) is 0 Å². The van der Waals surface area contributed by atoms with E-state index in [0.29, 0.717) is 31.8 Å². The topological polar surface area (TPSA) is 40.6 Å². The molecule has 2 aliphatic heterocycles. The van der Waals surface area contributed by atoms with Crippen LogP contribution in [0.15, 0.2) is 18.2 Å². The van der Waals surface area contributed by atoms with Crippen LogP contribution < -0.4 is 0 Å². The summed E-state index contributed by atoms with van der Waals surface area (Å²) in [5.74, 6) is -1.18. The van der Waals surface area contributed by atoms with Gasteiger partial charge < -0.3 is 9.80 Å². The molecule has 3 rings (SSSR count). The van der Waals surface area contributed by atoms with E-state index in [4.69, 9.17) is 0 Å². The van der Waals surface area contributed by atoms with E-state index in [-0.39, 0.29) is 18.4 Å². The first-order valence-electron chi connectivity index (χ1n) is 9.02. The molecule has 2 amide bonds. The minimum Gasteiger partial charge on any atom is -0.341 e. The Kier molecular flexibility index (Phi) is 5.66. The molecule has 0 radical (unpaired) electrons. The summed E-state index contributed by atoms with van der Waals surface area (Å²) in [5.41, 5.74) is 0.782. The number of likely N-dealkylation sites (tertiary alicyclic amines) is 2. The lowest BCUT2D eigenvalue weighted by Gasteiger charge is -2.34. The van der Waals surface area contributed by atoms with Crippen molar-refractivity contribution in [2.24, 2.45) is 5.92 Å². The number of amides is 2. The quantitative estimate of drug-likeness (QED) is 0.819. The summed E-state index contributed by atoms with van der Waals surface area (Å²) in [7, 11) is 0. The van der Waals surface area contributed by atoms with E-state index in [1.165, 1.54) is 6.07 Å². The van der Waals surface area contributed by atoms with Crippen molar-refractivity contribution in [2.75, 3.05) is 26.2 Å². The predicted octanol–water partition coefficient (Wildman–Crippen LogP) is 2.76. The predicted molar refractivity (Wildman–Crippen MR) is 89.8 cm³/mol. The second kappa shape index (κ2) is 7.93. The van der Waals surface area contributed by atoms with Crippen LogP contribution in [0.4, 0.5) is 8.78 Å². The molecule has 0 spiro atoms. The zero-order valence-electron chi connectivity index (χ0n) is 14.3. The third-order valence-electron chi connectivity index (χ3n) is 5.19. The van der Waals surface area contributed by atoms with Gasteiger partial charge in [-0.3, -0.25) is 9.59 Å². The fourth-order valence-electron chi connectivity index (χ4n) is 3.73. The highest BCUT2D eigenvalue weighted by molar-refractivity contribution is 5.85. The van der Waals surface area contributed by atoms with Gasteiger partial charge in [-0.1, -0.05) is 6.07 Å². The second-order valence-corrected chi connectivity index (χ2v) is 7.05. The van der Waals surface area contributed by atoms with Crippen molar-refractivity contribution in [1.29, 1.82) is 0 Å². The van der Waals surface area contributed by atoms with Gasteiger partial charge in [0.1, 0.15) is 0 Å². The molecule has 136 valence electrons. The van der Waals surface area contributed by atoms with E-state index >= 15 is 0 Å². The summed E-state index contributed by atoms with van der Waals surface area (Å²) >= 11 is 0. The second-order valence-electron chi connectivity index (χ2n) is 7.05. The van der Waals surface area contributed by atoms with E-state index in [2.05, 4.69) is 0 Å². The average molecular weight is 350 g/mol. The molecular weight excluding hydrogens is 326 g/mol. The molecule has 2 aliphatic rings. The molecule has 2 heterocycles. The number of rotatable bonds is 5. The number of aryl methyl sites for hydroxylation is 1. The Morgan fingerprint density at radius 2 is 2.00 bits per heavy atom. The monoisotopic (exact) mass is 350 g/mol. The molecule has 0 bridgehead atoms. The van der Waals surface area contributed by atoms with Gasteiger partial charge in [-0.25, -0.2) is 8.78 Å². The van der Waals surface area contributed by atoms with Crippen molar-refractivity contribution in [3.8, 4) is 0 Å². The van der Waals surface area contributed by atoms with E-state index < -0.39 is 11.6 Å². The van der Waals surface area contributed by atoms with Crippen molar-refractivity contribution < 1.29 is 18.4 Å². The van der Waals surface area contributed by atoms with Crippen LogP contribution in [0.5, 0.6) is 0 Å². The Bertz CT molecular complexity index is 650. The number of nitrogens with zero attached hydrogens (tertiary/aromatic N) is 2. The van der Waals surface area contributed by atoms with E-state index in [9.17, 15) is 18.4 Å². The molecule has 1 aromatic carbocycles. The summed E-state index contributed by atoms with van der Waals surface area (Å²) in [4.78, 5) is 27.6. The first kappa shape index (κ1) is 17.8. The first-order chi connectivity index (χ1) is 12.0. The Balaban J connectivity index is 1.49. The summed E-state index contributed by atoms with van der Waals surface area (Å²) in [6, 6.07) is 4.03. The van der Waals surface area contributed by atoms with Crippen LogP contribution in [0.3, 0.4) is 0 Å². The first-order valence-corrected chi connectivity index (χ1v) is 9.02. The number of carbonyl (C=O) groups excluding carboxylic acids is 2. The summed E-state index contributed by atoms with van der Waals surface area (Å²) in [6.45, 7) is 2.29. The third-order valence-corrected chi connectivity index (χ3v) is 5.19. The molecule has 0 N–H and O–H groups in total. The van der Waals surface area contributed by atoms with Crippen LogP contribution in [0.2, 0.25) is 0 Å². The van der Waals surface area contributed by atoms with Gasteiger partial charge in [0.2, 0.25) is 11.8 Å². The SMILES string of the molecule is O=C1CCCN1CC(=O)N1CCCC(CCc2ccc(F)c(F)c2)C1. The standard InChI is InChI=1S/C19H24F2N2O2/c20-16-8-7-14(11-17(16)21)5-6-15-3-1-9-22(12-15)19(25)13-23-10-2-4-18(23)24/h7-8,11,15H,1-6,9-10,12-13H2. The molecule has 4 nitrogen and oxygen atoms in total.